The topological polar surface area (TPSA) is 81.7 Å². The maximum absolute atomic E-state index is 13.3. The van der Waals surface area contributed by atoms with Crippen LogP contribution in [0.3, 0.4) is 0 Å². The minimum atomic E-state index is -0.612. The molecule has 194 valence electrons. The van der Waals surface area contributed by atoms with Crippen LogP contribution in [0, 0.1) is 19.8 Å². The van der Waals surface area contributed by atoms with Gasteiger partial charge in [-0.15, -0.1) is 0 Å². The molecule has 6 heteroatoms. The zero-order chi connectivity index (χ0) is 27.2. The van der Waals surface area contributed by atoms with E-state index in [0.29, 0.717) is 29.7 Å². The molecule has 1 unspecified atom stereocenters. The van der Waals surface area contributed by atoms with Crippen LogP contribution in [-0.4, -0.2) is 29.8 Å². The number of nitrogens with one attached hydrogen (secondary N) is 1. The fraction of sp³-hybridized carbons (Fsp3) is 0.323. The summed E-state index contributed by atoms with van der Waals surface area (Å²) in [7, 11) is 0. The number of rotatable bonds is 9. The highest BCUT2D eigenvalue weighted by Gasteiger charge is 2.24. The SMILES string of the molecule is CCC(CNC(C)(C)C)C(=O)c1ccc(OC(=O)c2ccc(C)cc2)c(OC(=O)c2ccc(C)cc2)c1. The molecule has 37 heavy (non-hydrogen) atoms. The molecule has 0 aromatic heterocycles. The Morgan fingerprint density at radius 1 is 0.730 bits per heavy atom. The second-order valence-corrected chi connectivity index (χ2v) is 10.3. The molecule has 0 saturated carbocycles. The lowest BCUT2D eigenvalue weighted by Crippen LogP contribution is -2.40. The van der Waals surface area contributed by atoms with Gasteiger partial charge in [-0.3, -0.25) is 4.79 Å². The summed E-state index contributed by atoms with van der Waals surface area (Å²) in [6, 6.07) is 18.5. The summed E-state index contributed by atoms with van der Waals surface area (Å²) in [4.78, 5) is 39.0. The quantitative estimate of drug-likeness (QED) is 0.209. The van der Waals surface area contributed by atoms with Gasteiger partial charge in [-0.2, -0.15) is 0 Å². The van der Waals surface area contributed by atoms with Gasteiger partial charge in [0.05, 0.1) is 11.1 Å². The molecule has 0 saturated heterocycles. The summed E-state index contributed by atoms with van der Waals surface area (Å²) in [5.41, 5.74) is 2.98. The molecule has 1 N–H and O–H groups in total. The summed E-state index contributed by atoms with van der Waals surface area (Å²) in [6.07, 6.45) is 0.643. The van der Waals surface area contributed by atoms with Crippen molar-refractivity contribution in [3.05, 3.63) is 94.5 Å². The molecule has 0 aliphatic carbocycles. The van der Waals surface area contributed by atoms with Crippen molar-refractivity contribution in [1.82, 2.24) is 5.32 Å². The summed E-state index contributed by atoms with van der Waals surface area (Å²) in [6.45, 7) is 12.5. The van der Waals surface area contributed by atoms with Crippen LogP contribution in [-0.2, 0) is 0 Å². The van der Waals surface area contributed by atoms with Gasteiger partial charge in [-0.05, 0) is 83.5 Å². The molecule has 3 rings (SSSR count). The Hall–Kier alpha value is -3.77. The predicted molar refractivity (Wildman–Crippen MR) is 145 cm³/mol. The van der Waals surface area contributed by atoms with E-state index in [-0.39, 0.29) is 28.7 Å². The first-order valence-corrected chi connectivity index (χ1v) is 12.5. The second kappa shape index (κ2) is 12.0. The number of aryl methyl sites for hydroxylation is 2. The van der Waals surface area contributed by atoms with Gasteiger partial charge in [0.2, 0.25) is 0 Å². The van der Waals surface area contributed by atoms with Crippen LogP contribution in [0.4, 0.5) is 0 Å². The predicted octanol–water partition coefficient (Wildman–Crippen LogP) is 6.34. The van der Waals surface area contributed by atoms with Gasteiger partial charge in [0, 0.05) is 23.6 Å². The number of ketones is 1. The molecule has 0 spiro atoms. The van der Waals surface area contributed by atoms with Crippen LogP contribution in [0.15, 0.2) is 66.7 Å². The van der Waals surface area contributed by atoms with Gasteiger partial charge in [-0.1, -0.05) is 42.3 Å². The number of hydrogen-bond acceptors (Lipinski definition) is 6. The van der Waals surface area contributed by atoms with Gasteiger partial charge >= 0.3 is 11.9 Å². The molecule has 0 bridgehead atoms. The Morgan fingerprint density at radius 3 is 1.65 bits per heavy atom. The van der Waals surface area contributed by atoms with Crippen molar-refractivity contribution >= 4 is 17.7 Å². The van der Waals surface area contributed by atoms with Crippen molar-refractivity contribution < 1.29 is 23.9 Å². The lowest BCUT2D eigenvalue weighted by Gasteiger charge is -2.24. The zero-order valence-corrected chi connectivity index (χ0v) is 22.4. The van der Waals surface area contributed by atoms with Crippen LogP contribution in [0.1, 0.15) is 76.3 Å². The van der Waals surface area contributed by atoms with Crippen molar-refractivity contribution in [2.45, 2.75) is 53.5 Å². The van der Waals surface area contributed by atoms with Crippen molar-refractivity contribution in [2.75, 3.05) is 6.54 Å². The third kappa shape index (κ3) is 7.86. The minimum Gasteiger partial charge on any atom is -0.419 e. The van der Waals surface area contributed by atoms with E-state index in [0.717, 1.165) is 11.1 Å². The van der Waals surface area contributed by atoms with Crippen LogP contribution >= 0.6 is 0 Å². The van der Waals surface area contributed by atoms with E-state index in [4.69, 9.17) is 9.47 Å². The number of benzene rings is 3. The fourth-order valence-electron chi connectivity index (χ4n) is 3.61. The molecule has 0 amide bonds. The fourth-order valence-corrected chi connectivity index (χ4v) is 3.61. The van der Waals surface area contributed by atoms with Crippen molar-refractivity contribution in [3.63, 3.8) is 0 Å². The molecule has 3 aromatic carbocycles. The first-order chi connectivity index (χ1) is 17.5. The number of hydrogen-bond donors (Lipinski definition) is 1. The summed E-state index contributed by atoms with van der Waals surface area (Å²) >= 11 is 0. The van der Waals surface area contributed by atoms with E-state index in [9.17, 15) is 14.4 Å². The molecule has 0 aliphatic rings. The third-order valence-corrected chi connectivity index (χ3v) is 5.95. The minimum absolute atomic E-state index is 0.00974. The molecular weight excluding hydrogens is 466 g/mol. The molecule has 6 nitrogen and oxygen atoms in total. The van der Waals surface area contributed by atoms with E-state index in [1.54, 1.807) is 30.3 Å². The van der Waals surface area contributed by atoms with Crippen LogP contribution in [0.2, 0.25) is 0 Å². The van der Waals surface area contributed by atoms with Gasteiger partial charge in [0.15, 0.2) is 17.3 Å². The molecule has 0 heterocycles. The molecule has 0 fully saturated rings. The Morgan fingerprint density at radius 2 is 1.19 bits per heavy atom. The van der Waals surface area contributed by atoms with Gasteiger partial charge in [0.1, 0.15) is 0 Å². The lowest BCUT2D eigenvalue weighted by atomic mass is 9.94. The Bertz CT molecular complexity index is 1250. The number of carbonyl (C=O) groups excluding carboxylic acids is 3. The van der Waals surface area contributed by atoms with Crippen molar-refractivity contribution in [1.29, 1.82) is 0 Å². The van der Waals surface area contributed by atoms with E-state index >= 15 is 0 Å². The van der Waals surface area contributed by atoms with Gasteiger partial charge < -0.3 is 14.8 Å². The number of Topliss-reactive ketones (excluding diaryl/α,β-unsaturated/α-hetero) is 1. The molecule has 0 radical (unpaired) electrons. The highest BCUT2D eigenvalue weighted by Crippen LogP contribution is 2.31. The Kier molecular flexibility index (Phi) is 9.00. The normalized spacial score (nSPS) is 12.1. The van der Waals surface area contributed by atoms with E-state index < -0.39 is 11.9 Å². The first-order valence-electron chi connectivity index (χ1n) is 12.5. The van der Waals surface area contributed by atoms with Gasteiger partial charge in [-0.25, -0.2) is 9.59 Å². The summed E-state index contributed by atoms with van der Waals surface area (Å²) in [5, 5.41) is 3.38. The van der Waals surface area contributed by atoms with Crippen molar-refractivity contribution in [2.24, 2.45) is 5.92 Å². The Balaban J connectivity index is 1.92. The van der Waals surface area contributed by atoms with Crippen LogP contribution < -0.4 is 14.8 Å². The molecule has 1 atom stereocenters. The lowest BCUT2D eigenvalue weighted by molar-refractivity contribution is 0.0682. The summed E-state index contributed by atoms with van der Waals surface area (Å²) < 4.78 is 11.3. The summed E-state index contributed by atoms with van der Waals surface area (Å²) in [5.74, 6) is -1.48. The average Bonchev–Trinajstić information content (AvgIpc) is 2.85. The zero-order valence-electron chi connectivity index (χ0n) is 22.4. The number of esters is 2. The number of carbonyl (C=O) groups is 3. The largest absolute Gasteiger partial charge is 0.419 e. The second-order valence-electron chi connectivity index (χ2n) is 10.3. The highest BCUT2D eigenvalue weighted by atomic mass is 16.6. The number of ether oxygens (including phenoxy) is 2. The molecular formula is C31H35NO5. The van der Waals surface area contributed by atoms with E-state index in [1.807, 2.05) is 65.8 Å². The third-order valence-electron chi connectivity index (χ3n) is 5.95. The van der Waals surface area contributed by atoms with Crippen LogP contribution in [0.25, 0.3) is 0 Å². The highest BCUT2D eigenvalue weighted by molar-refractivity contribution is 5.99. The van der Waals surface area contributed by atoms with Crippen molar-refractivity contribution in [3.8, 4) is 11.5 Å². The first kappa shape index (κ1) is 27.8. The molecule has 0 aliphatic heterocycles. The Labute approximate surface area is 219 Å². The monoisotopic (exact) mass is 501 g/mol. The maximum atomic E-state index is 13.3. The standard InChI is InChI=1S/C31H35NO5/c1-7-22(19-32-31(4,5)6)28(33)25-16-17-26(36-29(34)23-12-8-20(2)9-13-23)27(18-25)37-30(35)24-14-10-21(3)11-15-24/h8-18,22,32H,7,19H2,1-6H3. The maximum Gasteiger partial charge on any atom is 0.343 e. The smallest absolute Gasteiger partial charge is 0.343 e. The average molecular weight is 502 g/mol. The van der Waals surface area contributed by atoms with Crippen LogP contribution in [0.5, 0.6) is 11.5 Å². The molecule has 3 aromatic rings. The van der Waals surface area contributed by atoms with E-state index in [2.05, 4.69) is 5.32 Å². The van der Waals surface area contributed by atoms with E-state index in [1.165, 1.54) is 12.1 Å². The van der Waals surface area contributed by atoms with Gasteiger partial charge in [0.25, 0.3) is 0 Å².